The number of nitrogens with zero attached hydrogens (tertiary/aromatic N) is 4. The fraction of sp³-hybridized carbons (Fsp3) is 0.688. The fourth-order valence-electron chi connectivity index (χ4n) is 3.00. The molecule has 1 aliphatic heterocycles. The number of carboxylic acid groups (broad SMARTS) is 4. The van der Waals surface area contributed by atoms with Gasteiger partial charge < -0.3 is 39.9 Å². The maximum absolute atomic E-state index is 11.6. The summed E-state index contributed by atoms with van der Waals surface area (Å²) in [7, 11) is 0. The van der Waals surface area contributed by atoms with Gasteiger partial charge >= 0.3 is 24.2 Å². The van der Waals surface area contributed by atoms with Gasteiger partial charge in [-0.05, 0) is 6.42 Å². The highest BCUT2D eigenvalue weighted by atomic mass is 16.4. The van der Waals surface area contributed by atoms with Crippen LogP contribution in [0.25, 0.3) is 0 Å². The molecule has 0 aromatic rings. The van der Waals surface area contributed by atoms with Gasteiger partial charge in [0.2, 0.25) is 0 Å². The monoisotopic (exact) mass is 418 g/mol. The van der Waals surface area contributed by atoms with Crippen LogP contribution >= 0.6 is 0 Å². The third kappa shape index (κ3) is 7.81. The van der Waals surface area contributed by atoms with Gasteiger partial charge in [0, 0.05) is 58.8 Å². The lowest BCUT2D eigenvalue weighted by Gasteiger charge is -2.34. The van der Waals surface area contributed by atoms with Crippen LogP contribution in [0.4, 0.5) is 14.4 Å². The minimum Gasteiger partial charge on any atom is -0.480 e. The lowest BCUT2D eigenvalue weighted by Crippen LogP contribution is -2.52. The average Bonchev–Trinajstić information content (AvgIpc) is 2.62. The van der Waals surface area contributed by atoms with Crippen LogP contribution in [0.5, 0.6) is 0 Å². The number of carbonyl (C=O) groups excluding carboxylic acids is 1. The second-order valence-corrected chi connectivity index (χ2v) is 6.44. The van der Waals surface area contributed by atoms with E-state index in [1.54, 1.807) is 0 Å². The maximum Gasteiger partial charge on any atom is 0.407 e. The third-order valence-corrected chi connectivity index (χ3v) is 4.69. The summed E-state index contributed by atoms with van der Waals surface area (Å²) in [6.07, 6.45) is -3.27. The predicted octanol–water partition coefficient (Wildman–Crippen LogP) is -0.326. The van der Waals surface area contributed by atoms with Crippen LogP contribution in [0.15, 0.2) is 0 Å². The zero-order valence-electron chi connectivity index (χ0n) is 15.8. The molecule has 0 aliphatic carbocycles. The molecule has 0 aromatic carbocycles. The van der Waals surface area contributed by atoms with Crippen molar-refractivity contribution in [3.05, 3.63) is 0 Å². The topological polar surface area (TPSA) is 179 Å². The Bertz CT molecular complexity index is 585. The van der Waals surface area contributed by atoms with Gasteiger partial charge in [-0.1, -0.05) is 0 Å². The maximum atomic E-state index is 11.6. The zero-order valence-corrected chi connectivity index (χ0v) is 15.8. The molecule has 1 atom stereocenters. The van der Waals surface area contributed by atoms with Gasteiger partial charge in [0.1, 0.15) is 12.3 Å². The van der Waals surface area contributed by atoms with E-state index in [0.29, 0.717) is 6.29 Å². The summed E-state index contributed by atoms with van der Waals surface area (Å²) >= 11 is 0. The standard InChI is InChI=1S/C16H26N4O9/c21-11-1-2-12(13(22)23)17-3-5-18(14(24)25)7-9-20(16(28)29)10-8-19(6-4-17)15(26)27/h11-12H,1-10H2,(H,22,23)(H,24,25)(H,26,27)(H,28,29). The van der Waals surface area contributed by atoms with E-state index in [9.17, 15) is 44.4 Å². The molecule has 1 heterocycles. The van der Waals surface area contributed by atoms with Gasteiger partial charge in [-0.3, -0.25) is 9.69 Å². The molecule has 0 spiro atoms. The number of rotatable bonds is 5. The molecule has 0 saturated carbocycles. The molecule has 1 unspecified atom stereocenters. The summed E-state index contributed by atoms with van der Waals surface area (Å²) in [4.78, 5) is 60.9. The van der Waals surface area contributed by atoms with Gasteiger partial charge in [-0.2, -0.15) is 0 Å². The van der Waals surface area contributed by atoms with Gasteiger partial charge in [0.25, 0.3) is 0 Å². The Morgan fingerprint density at radius 2 is 1.03 bits per heavy atom. The number of aldehydes is 1. The second kappa shape index (κ2) is 11.7. The highest BCUT2D eigenvalue weighted by molar-refractivity contribution is 5.74. The minimum absolute atomic E-state index is 0.00572. The molecule has 164 valence electrons. The lowest BCUT2D eigenvalue weighted by molar-refractivity contribution is -0.143. The SMILES string of the molecule is O=CCCC(C(=O)O)N1CCN(C(=O)O)CCN(C(=O)O)CCN(C(=O)O)CC1. The van der Waals surface area contributed by atoms with Crippen molar-refractivity contribution in [2.75, 3.05) is 52.4 Å². The van der Waals surface area contributed by atoms with Crippen molar-refractivity contribution in [1.82, 2.24) is 19.6 Å². The lowest BCUT2D eigenvalue weighted by atomic mass is 10.1. The summed E-state index contributed by atoms with van der Waals surface area (Å²) in [6, 6.07) is -1.08. The molecule has 4 N–H and O–H groups in total. The van der Waals surface area contributed by atoms with Crippen LogP contribution in [-0.4, -0.2) is 129 Å². The Morgan fingerprint density at radius 3 is 1.31 bits per heavy atom. The molecule has 1 saturated heterocycles. The number of amides is 3. The Labute approximate surface area is 166 Å². The molecule has 13 heteroatoms. The number of hydrogen-bond donors (Lipinski definition) is 4. The van der Waals surface area contributed by atoms with E-state index in [2.05, 4.69) is 0 Å². The predicted molar refractivity (Wildman–Crippen MR) is 97.1 cm³/mol. The molecular formula is C16H26N4O9. The van der Waals surface area contributed by atoms with Gasteiger partial charge in [0.15, 0.2) is 0 Å². The highest BCUT2D eigenvalue weighted by Gasteiger charge is 2.28. The number of carbonyl (C=O) groups is 5. The van der Waals surface area contributed by atoms with E-state index in [0.717, 1.165) is 14.7 Å². The number of aliphatic carboxylic acids is 1. The van der Waals surface area contributed by atoms with Crippen LogP contribution in [0.1, 0.15) is 12.8 Å². The molecular weight excluding hydrogens is 392 g/mol. The van der Waals surface area contributed by atoms with Crippen molar-refractivity contribution in [3.8, 4) is 0 Å². The van der Waals surface area contributed by atoms with E-state index in [-0.39, 0.29) is 65.2 Å². The van der Waals surface area contributed by atoms with Crippen LogP contribution in [0.2, 0.25) is 0 Å². The first-order chi connectivity index (χ1) is 13.7. The molecule has 0 aromatic heterocycles. The normalized spacial score (nSPS) is 18.3. The summed E-state index contributed by atoms with van der Waals surface area (Å²) in [5, 5.41) is 37.4. The summed E-state index contributed by atoms with van der Waals surface area (Å²) in [5.74, 6) is -1.19. The smallest absolute Gasteiger partial charge is 0.407 e. The van der Waals surface area contributed by atoms with Crippen LogP contribution in [-0.2, 0) is 9.59 Å². The van der Waals surface area contributed by atoms with E-state index < -0.39 is 30.3 Å². The fourth-order valence-corrected chi connectivity index (χ4v) is 3.00. The van der Waals surface area contributed by atoms with Crippen molar-refractivity contribution in [1.29, 1.82) is 0 Å². The average molecular weight is 418 g/mol. The van der Waals surface area contributed by atoms with E-state index in [1.165, 1.54) is 4.90 Å². The first-order valence-corrected chi connectivity index (χ1v) is 9.01. The molecule has 0 bridgehead atoms. The van der Waals surface area contributed by atoms with Crippen molar-refractivity contribution >= 4 is 30.5 Å². The summed E-state index contributed by atoms with van der Waals surface area (Å²) in [5.41, 5.74) is 0. The Kier molecular flexibility index (Phi) is 9.65. The first kappa shape index (κ1) is 23.9. The zero-order chi connectivity index (χ0) is 22.0. The van der Waals surface area contributed by atoms with Crippen LogP contribution in [0, 0.1) is 0 Å². The molecule has 13 nitrogen and oxygen atoms in total. The minimum atomic E-state index is -1.29. The Hall–Kier alpha value is -3.09. The quantitative estimate of drug-likeness (QED) is 0.432. The number of hydrogen-bond acceptors (Lipinski definition) is 6. The summed E-state index contributed by atoms with van der Waals surface area (Å²) < 4.78 is 0. The van der Waals surface area contributed by atoms with Crippen LogP contribution in [0.3, 0.4) is 0 Å². The van der Waals surface area contributed by atoms with Crippen molar-refractivity contribution < 1.29 is 44.4 Å². The second-order valence-electron chi connectivity index (χ2n) is 6.44. The van der Waals surface area contributed by atoms with Gasteiger partial charge in [-0.15, -0.1) is 0 Å². The largest absolute Gasteiger partial charge is 0.480 e. The van der Waals surface area contributed by atoms with Gasteiger partial charge in [0.05, 0.1) is 0 Å². The highest BCUT2D eigenvalue weighted by Crippen LogP contribution is 2.10. The molecule has 1 aliphatic rings. The molecule has 0 radical (unpaired) electrons. The number of carboxylic acids is 1. The van der Waals surface area contributed by atoms with Crippen molar-refractivity contribution in [2.45, 2.75) is 18.9 Å². The van der Waals surface area contributed by atoms with Crippen molar-refractivity contribution in [2.24, 2.45) is 0 Å². The van der Waals surface area contributed by atoms with Crippen molar-refractivity contribution in [3.63, 3.8) is 0 Å². The van der Waals surface area contributed by atoms with E-state index in [1.807, 2.05) is 0 Å². The third-order valence-electron chi connectivity index (χ3n) is 4.69. The molecule has 1 fully saturated rings. The van der Waals surface area contributed by atoms with Gasteiger partial charge in [-0.25, -0.2) is 14.4 Å². The Morgan fingerprint density at radius 1 is 0.690 bits per heavy atom. The first-order valence-electron chi connectivity index (χ1n) is 9.01. The molecule has 3 amide bonds. The molecule has 29 heavy (non-hydrogen) atoms. The van der Waals surface area contributed by atoms with Crippen LogP contribution < -0.4 is 0 Å². The Balaban J connectivity index is 3.08. The molecule has 1 rings (SSSR count). The van der Waals surface area contributed by atoms with E-state index >= 15 is 0 Å². The summed E-state index contributed by atoms with van der Waals surface area (Å²) in [6.45, 7) is -0.804. The van der Waals surface area contributed by atoms with E-state index in [4.69, 9.17) is 0 Å².